The van der Waals surface area contributed by atoms with Crippen molar-refractivity contribution >= 4 is 45.9 Å². The first-order valence-electron chi connectivity index (χ1n) is 12.7. The zero-order valence-electron chi connectivity index (χ0n) is 21.6. The summed E-state index contributed by atoms with van der Waals surface area (Å²) in [5, 5.41) is 16.0. The van der Waals surface area contributed by atoms with Crippen molar-refractivity contribution in [3.05, 3.63) is 103 Å². The van der Waals surface area contributed by atoms with Gasteiger partial charge in [-0.25, -0.2) is 15.0 Å². The first-order chi connectivity index (χ1) is 18.9. The minimum absolute atomic E-state index is 0.0435. The molecular formula is C29H27N5O3S2. The lowest BCUT2D eigenvalue weighted by Crippen LogP contribution is -2.24. The number of nitrogens with one attached hydrogen (secondary N) is 1. The molecule has 1 aliphatic carbocycles. The normalized spacial score (nSPS) is 12.9. The second-order valence-electron chi connectivity index (χ2n) is 9.34. The number of benzene rings is 2. The summed E-state index contributed by atoms with van der Waals surface area (Å²) < 4.78 is 0. The van der Waals surface area contributed by atoms with E-state index in [0.29, 0.717) is 32.7 Å². The number of carbonyl (C=O) groups excluding carboxylic acids is 1. The number of aromatic nitrogens is 2. The highest BCUT2D eigenvalue weighted by Gasteiger charge is 2.25. The molecule has 0 aliphatic heterocycles. The summed E-state index contributed by atoms with van der Waals surface area (Å²) in [6, 6.07) is 16.6. The van der Waals surface area contributed by atoms with Crippen LogP contribution in [0, 0.1) is 24.0 Å². The number of aliphatic imine (C=N–C) groups is 1. The number of hydrogen-bond acceptors (Lipinski definition) is 8. The maximum Gasteiger partial charge on any atom is 0.283 e. The van der Waals surface area contributed by atoms with Gasteiger partial charge in [-0.3, -0.25) is 14.9 Å². The van der Waals surface area contributed by atoms with Crippen LogP contribution < -0.4 is 5.32 Å². The fourth-order valence-electron chi connectivity index (χ4n) is 4.56. The van der Waals surface area contributed by atoms with Crippen molar-refractivity contribution in [2.24, 2.45) is 4.99 Å². The zero-order valence-corrected chi connectivity index (χ0v) is 23.3. The van der Waals surface area contributed by atoms with E-state index in [4.69, 9.17) is 0 Å². The van der Waals surface area contributed by atoms with Crippen molar-refractivity contribution < 1.29 is 9.72 Å². The van der Waals surface area contributed by atoms with Crippen molar-refractivity contribution in [3.63, 3.8) is 0 Å². The number of amides is 1. The Labute approximate surface area is 234 Å². The monoisotopic (exact) mass is 557 g/mol. The summed E-state index contributed by atoms with van der Waals surface area (Å²) in [4.78, 5) is 39.9. The first kappa shape index (κ1) is 26.7. The van der Waals surface area contributed by atoms with Crippen molar-refractivity contribution in [3.8, 4) is 0 Å². The minimum Gasteiger partial charge on any atom is -0.348 e. The molecule has 0 unspecified atom stereocenters. The molecule has 2 aromatic carbocycles. The zero-order chi connectivity index (χ0) is 27.4. The second kappa shape index (κ2) is 11.9. The van der Waals surface area contributed by atoms with Gasteiger partial charge in [-0.15, -0.1) is 11.3 Å². The number of aryl methyl sites for hydroxylation is 3. The lowest BCUT2D eigenvalue weighted by Gasteiger charge is -2.12. The van der Waals surface area contributed by atoms with E-state index in [9.17, 15) is 14.9 Å². The topological polar surface area (TPSA) is 110 Å². The molecule has 0 bridgehead atoms. The summed E-state index contributed by atoms with van der Waals surface area (Å²) >= 11 is 2.70. The minimum atomic E-state index is -0.408. The maximum atomic E-state index is 13.3. The Morgan fingerprint density at radius 3 is 2.59 bits per heavy atom. The fraction of sp³-hybridized carbons (Fsp3) is 0.241. The molecule has 198 valence electrons. The number of carbonyl (C=O) groups is 1. The number of thiophene rings is 1. The van der Waals surface area contributed by atoms with Gasteiger partial charge in [0.15, 0.2) is 5.16 Å². The quantitative estimate of drug-likeness (QED) is 0.111. The molecule has 0 atom stereocenters. The maximum absolute atomic E-state index is 13.3. The molecule has 2 heterocycles. The molecule has 0 saturated heterocycles. The Kier molecular flexibility index (Phi) is 8.13. The summed E-state index contributed by atoms with van der Waals surface area (Å²) in [6.45, 7) is 4.17. The van der Waals surface area contributed by atoms with Crippen LogP contribution >= 0.6 is 23.1 Å². The van der Waals surface area contributed by atoms with E-state index < -0.39 is 4.92 Å². The van der Waals surface area contributed by atoms with E-state index >= 15 is 0 Å². The van der Waals surface area contributed by atoms with Gasteiger partial charge in [0.1, 0.15) is 5.00 Å². The Bertz CT molecular complexity index is 1550. The highest BCUT2D eigenvalue weighted by molar-refractivity contribution is 7.99. The number of rotatable bonds is 8. The molecule has 4 aromatic rings. The van der Waals surface area contributed by atoms with Crippen LogP contribution in [0.2, 0.25) is 0 Å². The van der Waals surface area contributed by atoms with E-state index in [1.807, 2.05) is 50.2 Å². The second-order valence-corrected chi connectivity index (χ2v) is 11.4. The molecule has 1 N–H and O–H groups in total. The van der Waals surface area contributed by atoms with Gasteiger partial charge in [0.25, 0.3) is 11.6 Å². The van der Waals surface area contributed by atoms with E-state index in [-0.39, 0.29) is 11.6 Å². The van der Waals surface area contributed by atoms with Crippen LogP contribution in [-0.4, -0.2) is 27.0 Å². The molecule has 5 rings (SSSR count). The summed E-state index contributed by atoms with van der Waals surface area (Å²) in [5.41, 5.74) is 4.87. The van der Waals surface area contributed by atoms with Crippen LogP contribution in [0.25, 0.3) is 0 Å². The van der Waals surface area contributed by atoms with Gasteiger partial charge in [-0.2, -0.15) is 0 Å². The molecule has 1 amide bonds. The number of hydrogen-bond donors (Lipinski definition) is 1. The van der Waals surface area contributed by atoms with Crippen molar-refractivity contribution in [1.29, 1.82) is 0 Å². The number of nitro groups is 1. The molecule has 10 heteroatoms. The van der Waals surface area contributed by atoms with Crippen molar-refractivity contribution in [2.45, 2.75) is 56.1 Å². The summed E-state index contributed by atoms with van der Waals surface area (Å²) in [7, 11) is 0. The Morgan fingerprint density at radius 1 is 1.10 bits per heavy atom. The van der Waals surface area contributed by atoms with Gasteiger partial charge < -0.3 is 5.32 Å². The van der Waals surface area contributed by atoms with Gasteiger partial charge in [-0.1, -0.05) is 36.4 Å². The van der Waals surface area contributed by atoms with Crippen LogP contribution in [0.3, 0.4) is 0 Å². The number of nitro benzene ring substituents is 1. The van der Waals surface area contributed by atoms with Crippen LogP contribution in [0.15, 0.2) is 69.6 Å². The number of fused-ring (bicyclic) bond motifs is 1. The predicted octanol–water partition coefficient (Wildman–Crippen LogP) is 6.77. The first-order valence-corrected chi connectivity index (χ1v) is 14.3. The van der Waals surface area contributed by atoms with Gasteiger partial charge in [0, 0.05) is 35.1 Å². The molecular weight excluding hydrogens is 530 g/mol. The Balaban J connectivity index is 1.41. The third-order valence-electron chi connectivity index (χ3n) is 6.35. The molecule has 39 heavy (non-hydrogen) atoms. The van der Waals surface area contributed by atoms with Crippen molar-refractivity contribution in [1.82, 2.24) is 15.3 Å². The SMILES string of the molecule is Cc1cc(C)nc(Sc2ccc(C=Nc3sc4c(c3C(=O)NCc3ccccc3)CCCC4)cc2[N+](=O)[O-])n1. The van der Waals surface area contributed by atoms with Gasteiger partial charge in [0.05, 0.1) is 15.4 Å². The molecule has 0 radical (unpaired) electrons. The average Bonchev–Trinajstić information content (AvgIpc) is 3.29. The van der Waals surface area contributed by atoms with E-state index in [2.05, 4.69) is 20.3 Å². The van der Waals surface area contributed by atoms with Gasteiger partial charge in [-0.05, 0) is 80.1 Å². The Hall–Kier alpha value is -3.89. The van der Waals surface area contributed by atoms with Gasteiger partial charge >= 0.3 is 0 Å². The van der Waals surface area contributed by atoms with Gasteiger partial charge in [0.2, 0.25) is 0 Å². The molecule has 1 aliphatic rings. The highest BCUT2D eigenvalue weighted by atomic mass is 32.2. The lowest BCUT2D eigenvalue weighted by atomic mass is 9.95. The highest BCUT2D eigenvalue weighted by Crippen LogP contribution is 2.40. The van der Waals surface area contributed by atoms with Crippen LogP contribution in [0.1, 0.15) is 56.2 Å². The fourth-order valence-corrected chi connectivity index (χ4v) is 6.74. The smallest absolute Gasteiger partial charge is 0.283 e. The van der Waals surface area contributed by atoms with Crippen LogP contribution in [-0.2, 0) is 19.4 Å². The average molecular weight is 558 g/mol. The third kappa shape index (κ3) is 6.40. The third-order valence-corrected chi connectivity index (χ3v) is 8.48. The lowest BCUT2D eigenvalue weighted by molar-refractivity contribution is -0.387. The summed E-state index contributed by atoms with van der Waals surface area (Å²) in [5.74, 6) is -0.142. The van der Waals surface area contributed by atoms with E-state index in [0.717, 1.165) is 60.0 Å². The number of nitrogens with zero attached hydrogens (tertiary/aromatic N) is 4. The standard InChI is InChI=1S/C29H27N5O3S2/c1-18-14-19(2)33-29(32-18)39-25-13-12-21(15-23(25)34(36)37)17-31-28-26(22-10-6-7-11-24(22)38-28)27(35)30-16-20-8-4-3-5-9-20/h3-5,8-9,12-15,17H,6-7,10-11,16H2,1-2H3,(H,30,35). The largest absolute Gasteiger partial charge is 0.348 e. The van der Waals surface area contributed by atoms with E-state index in [1.165, 1.54) is 22.3 Å². The molecule has 0 fully saturated rings. The molecule has 0 saturated carbocycles. The molecule has 0 spiro atoms. The summed E-state index contributed by atoms with van der Waals surface area (Å²) in [6.07, 6.45) is 5.53. The van der Waals surface area contributed by atoms with Crippen LogP contribution in [0.5, 0.6) is 0 Å². The predicted molar refractivity (Wildman–Crippen MR) is 155 cm³/mol. The molecule has 2 aromatic heterocycles. The Morgan fingerprint density at radius 2 is 1.85 bits per heavy atom. The molecule has 8 nitrogen and oxygen atoms in total. The van der Waals surface area contributed by atoms with Crippen molar-refractivity contribution in [2.75, 3.05) is 0 Å². The van der Waals surface area contributed by atoms with E-state index in [1.54, 1.807) is 18.3 Å². The van der Waals surface area contributed by atoms with Crippen LogP contribution in [0.4, 0.5) is 10.7 Å².